The zero-order valence-electron chi connectivity index (χ0n) is 23.6. The fourth-order valence-corrected chi connectivity index (χ4v) is 4.26. The molecule has 208 valence electrons. The average Bonchev–Trinajstić information content (AvgIpc) is 2.86. The predicted octanol–water partition coefficient (Wildman–Crippen LogP) is 9.09. The van der Waals surface area contributed by atoms with Crippen molar-refractivity contribution in [1.29, 1.82) is 0 Å². The molecule has 0 aliphatic heterocycles. The molecule has 0 amide bonds. The lowest BCUT2D eigenvalue weighted by molar-refractivity contribution is -0.154. The number of unbranched alkanes of at least 4 members (excludes halogenated alkanes) is 18. The van der Waals surface area contributed by atoms with Crippen LogP contribution in [0.4, 0.5) is 0 Å². The smallest absolute Gasteiger partial charge is 0.306 e. The molecule has 0 saturated heterocycles. The van der Waals surface area contributed by atoms with Crippen molar-refractivity contribution in [2.75, 3.05) is 19.8 Å². The number of aliphatic hydroxyl groups is 1. The Kier molecular flexibility index (Phi) is 28.6. The van der Waals surface area contributed by atoms with Gasteiger partial charge in [0.1, 0.15) is 6.10 Å². The van der Waals surface area contributed by atoms with Crippen molar-refractivity contribution in [3.63, 3.8) is 0 Å². The SMILES string of the molecule is CCCCC/C=C\CCCCCCCCOCC(CO)OC(=O)CCCCCCCCCCCC. The molecule has 0 spiro atoms. The number of allylic oxidation sites excluding steroid dienone is 2. The maximum atomic E-state index is 12.0. The molecule has 0 bridgehead atoms. The molecular formula is C31H60O4. The Bertz CT molecular complexity index is 449. The molecule has 4 nitrogen and oxygen atoms in total. The molecule has 0 aromatic rings. The molecule has 4 heteroatoms. The first-order valence-electron chi connectivity index (χ1n) is 15.3. The molecule has 0 fully saturated rings. The Balaban J connectivity index is 3.45. The van der Waals surface area contributed by atoms with Crippen molar-refractivity contribution in [3.8, 4) is 0 Å². The standard InChI is InChI=1S/C31H60O4/c1-3-5-7-9-11-13-15-16-17-19-21-23-25-27-34-29-30(28-32)35-31(33)26-24-22-20-18-14-12-10-8-6-4-2/h11,13,30,32H,3-10,12,14-29H2,1-2H3/b13-11-. The second kappa shape index (κ2) is 29.4. The zero-order chi connectivity index (χ0) is 25.7. The van der Waals surface area contributed by atoms with Crippen molar-refractivity contribution >= 4 is 5.97 Å². The van der Waals surface area contributed by atoms with Crippen molar-refractivity contribution in [1.82, 2.24) is 0 Å². The topological polar surface area (TPSA) is 55.8 Å². The van der Waals surface area contributed by atoms with Gasteiger partial charge in [0.2, 0.25) is 0 Å². The monoisotopic (exact) mass is 496 g/mol. The van der Waals surface area contributed by atoms with Gasteiger partial charge in [-0.3, -0.25) is 4.79 Å². The van der Waals surface area contributed by atoms with E-state index in [0.717, 1.165) is 19.3 Å². The first kappa shape index (κ1) is 34.1. The van der Waals surface area contributed by atoms with Gasteiger partial charge in [0.25, 0.3) is 0 Å². The van der Waals surface area contributed by atoms with Crippen molar-refractivity contribution in [3.05, 3.63) is 12.2 Å². The van der Waals surface area contributed by atoms with Crippen LogP contribution in [0.5, 0.6) is 0 Å². The normalized spacial score (nSPS) is 12.4. The molecular weight excluding hydrogens is 436 g/mol. The number of carbonyl (C=O) groups excluding carboxylic acids is 1. The first-order valence-corrected chi connectivity index (χ1v) is 15.3. The van der Waals surface area contributed by atoms with Crippen LogP contribution in [0.1, 0.15) is 155 Å². The van der Waals surface area contributed by atoms with E-state index < -0.39 is 6.10 Å². The van der Waals surface area contributed by atoms with E-state index >= 15 is 0 Å². The third-order valence-electron chi connectivity index (χ3n) is 6.59. The van der Waals surface area contributed by atoms with Gasteiger partial charge in [0, 0.05) is 13.0 Å². The van der Waals surface area contributed by atoms with Crippen LogP contribution < -0.4 is 0 Å². The minimum Gasteiger partial charge on any atom is -0.457 e. The summed E-state index contributed by atoms with van der Waals surface area (Å²) >= 11 is 0. The number of esters is 1. The summed E-state index contributed by atoms with van der Waals surface area (Å²) in [7, 11) is 0. The summed E-state index contributed by atoms with van der Waals surface area (Å²) in [5.74, 6) is -0.206. The van der Waals surface area contributed by atoms with Gasteiger partial charge in [-0.05, 0) is 38.5 Å². The Morgan fingerprint density at radius 3 is 1.69 bits per heavy atom. The van der Waals surface area contributed by atoms with Crippen LogP contribution in [0, 0.1) is 0 Å². The molecule has 0 heterocycles. The molecule has 0 rings (SSSR count). The number of hydrogen-bond acceptors (Lipinski definition) is 4. The predicted molar refractivity (Wildman–Crippen MR) is 150 cm³/mol. The van der Waals surface area contributed by atoms with E-state index in [9.17, 15) is 9.90 Å². The Morgan fingerprint density at radius 1 is 0.657 bits per heavy atom. The first-order chi connectivity index (χ1) is 17.2. The number of carbonyl (C=O) groups is 1. The van der Waals surface area contributed by atoms with E-state index in [-0.39, 0.29) is 12.6 Å². The fraction of sp³-hybridized carbons (Fsp3) is 0.903. The maximum Gasteiger partial charge on any atom is 0.306 e. The minimum atomic E-state index is -0.527. The summed E-state index contributed by atoms with van der Waals surface area (Å²) < 4.78 is 11.0. The second-order valence-electron chi connectivity index (χ2n) is 10.2. The van der Waals surface area contributed by atoms with E-state index in [2.05, 4.69) is 26.0 Å². The number of ether oxygens (including phenoxy) is 2. The van der Waals surface area contributed by atoms with Gasteiger partial charge in [0.05, 0.1) is 13.2 Å². The average molecular weight is 497 g/mol. The van der Waals surface area contributed by atoms with Crippen LogP contribution >= 0.6 is 0 Å². The summed E-state index contributed by atoms with van der Waals surface area (Å²) in [6.45, 7) is 5.30. The van der Waals surface area contributed by atoms with Crippen LogP contribution in [0.3, 0.4) is 0 Å². The van der Waals surface area contributed by atoms with Crippen LogP contribution in [0.15, 0.2) is 12.2 Å². The number of aliphatic hydroxyl groups excluding tert-OH is 1. The molecule has 35 heavy (non-hydrogen) atoms. The van der Waals surface area contributed by atoms with Gasteiger partial charge in [-0.15, -0.1) is 0 Å². The lowest BCUT2D eigenvalue weighted by Crippen LogP contribution is -2.27. The summed E-state index contributed by atoms with van der Waals surface area (Å²) in [6.07, 6.45) is 30.9. The highest BCUT2D eigenvalue weighted by Gasteiger charge is 2.13. The number of hydrogen-bond donors (Lipinski definition) is 1. The third-order valence-corrected chi connectivity index (χ3v) is 6.59. The molecule has 0 aliphatic rings. The summed E-state index contributed by atoms with van der Waals surface area (Å²) in [5, 5.41) is 9.47. The van der Waals surface area contributed by atoms with E-state index in [1.165, 1.54) is 116 Å². The van der Waals surface area contributed by atoms with E-state index in [4.69, 9.17) is 9.47 Å². The van der Waals surface area contributed by atoms with Gasteiger partial charge in [-0.2, -0.15) is 0 Å². The minimum absolute atomic E-state index is 0.170. The van der Waals surface area contributed by atoms with Crippen LogP contribution in [-0.4, -0.2) is 37.0 Å². The zero-order valence-corrected chi connectivity index (χ0v) is 23.6. The molecule has 1 unspecified atom stereocenters. The summed E-state index contributed by atoms with van der Waals surface area (Å²) in [6, 6.07) is 0. The highest BCUT2D eigenvalue weighted by Crippen LogP contribution is 2.12. The quantitative estimate of drug-likeness (QED) is 0.0666. The second-order valence-corrected chi connectivity index (χ2v) is 10.2. The fourth-order valence-electron chi connectivity index (χ4n) is 4.26. The van der Waals surface area contributed by atoms with Gasteiger partial charge >= 0.3 is 5.97 Å². The summed E-state index contributed by atoms with van der Waals surface area (Å²) in [5.41, 5.74) is 0. The Morgan fingerprint density at radius 2 is 1.11 bits per heavy atom. The van der Waals surface area contributed by atoms with Gasteiger partial charge in [0.15, 0.2) is 0 Å². The lowest BCUT2D eigenvalue weighted by Gasteiger charge is -2.15. The van der Waals surface area contributed by atoms with Crippen molar-refractivity contribution in [2.45, 2.75) is 161 Å². The van der Waals surface area contributed by atoms with Gasteiger partial charge in [-0.25, -0.2) is 0 Å². The molecule has 0 aromatic carbocycles. The molecule has 0 radical (unpaired) electrons. The van der Waals surface area contributed by atoms with Crippen LogP contribution in [0.25, 0.3) is 0 Å². The van der Waals surface area contributed by atoms with Crippen molar-refractivity contribution < 1.29 is 19.4 Å². The van der Waals surface area contributed by atoms with Crippen molar-refractivity contribution in [2.24, 2.45) is 0 Å². The molecule has 0 aliphatic carbocycles. The van der Waals surface area contributed by atoms with E-state index in [1.807, 2.05) is 0 Å². The highest BCUT2D eigenvalue weighted by atomic mass is 16.6. The van der Waals surface area contributed by atoms with E-state index in [0.29, 0.717) is 19.6 Å². The van der Waals surface area contributed by atoms with Gasteiger partial charge in [-0.1, -0.05) is 122 Å². The molecule has 1 N–H and O–H groups in total. The summed E-state index contributed by atoms with van der Waals surface area (Å²) in [4.78, 5) is 12.0. The lowest BCUT2D eigenvalue weighted by atomic mass is 10.1. The highest BCUT2D eigenvalue weighted by molar-refractivity contribution is 5.69. The van der Waals surface area contributed by atoms with Crippen LogP contribution in [0.2, 0.25) is 0 Å². The molecule has 0 aromatic heterocycles. The number of rotatable bonds is 28. The maximum absolute atomic E-state index is 12.0. The third kappa shape index (κ3) is 27.6. The molecule has 0 saturated carbocycles. The largest absolute Gasteiger partial charge is 0.457 e. The van der Waals surface area contributed by atoms with Gasteiger partial charge < -0.3 is 14.6 Å². The molecule has 1 atom stereocenters. The Labute approximate surface area is 218 Å². The Hall–Kier alpha value is -0.870. The van der Waals surface area contributed by atoms with E-state index in [1.54, 1.807) is 0 Å². The van der Waals surface area contributed by atoms with Crippen LogP contribution in [-0.2, 0) is 14.3 Å².